The number of aromatic amines is 1. The zero-order chi connectivity index (χ0) is 13.5. The van der Waals surface area contributed by atoms with Gasteiger partial charge in [-0.2, -0.15) is 0 Å². The number of carbonyl (C=O) groups is 1. The molecule has 0 saturated heterocycles. The van der Waals surface area contributed by atoms with E-state index in [4.69, 9.17) is 0 Å². The molecule has 0 aliphatic carbocycles. The van der Waals surface area contributed by atoms with Crippen LogP contribution in [-0.2, 0) is 6.42 Å². The molecule has 0 atom stereocenters. The van der Waals surface area contributed by atoms with E-state index in [0.717, 1.165) is 29.7 Å². The van der Waals surface area contributed by atoms with Crippen LogP contribution in [-0.4, -0.2) is 22.4 Å². The van der Waals surface area contributed by atoms with Gasteiger partial charge in [-0.25, -0.2) is 4.98 Å². The largest absolute Gasteiger partial charge is 0.345 e. The van der Waals surface area contributed by atoms with Crippen LogP contribution in [0, 0.1) is 0 Å². The summed E-state index contributed by atoms with van der Waals surface area (Å²) in [6.07, 6.45) is 2.57. The highest BCUT2D eigenvalue weighted by Gasteiger charge is 2.25. The molecule has 1 aromatic heterocycles. The lowest BCUT2D eigenvalue weighted by Gasteiger charge is -2.17. The van der Waals surface area contributed by atoms with Crippen molar-refractivity contribution in [1.82, 2.24) is 9.97 Å². The smallest absolute Gasteiger partial charge is 0.258 e. The van der Waals surface area contributed by atoms with E-state index < -0.39 is 0 Å². The zero-order valence-corrected chi connectivity index (χ0v) is 10.8. The number of nitrogens with zero attached hydrogens (tertiary/aromatic N) is 2. The van der Waals surface area contributed by atoms with E-state index >= 15 is 0 Å². The summed E-state index contributed by atoms with van der Waals surface area (Å²) in [4.78, 5) is 21.7. The number of carbonyl (C=O) groups excluding carboxylic acids is 1. The lowest BCUT2D eigenvalue weighted by Crippen LogP contribution is -2.28. The molecule has 0 saturated carbocycles. The average molecular weight is 263 g/mol. The fourth-order valence-electron chi connectivity index (χ4n) is 2.77. The second kappa shape index (κ2) is 4.20. The van der Waals surface area contributed by atoms with Crippen LogP contribution in [0.2, 0.25) is 0 Å². The molecule has 0 spiro atoms. The fourth-order valence-corrected chi connectivity index (χ4v) is 2.77. The summed E-state index contributed by atoms with van der Waals surface area (Å²) in [6, 6.07) is 13.7. The number of H-pyrrole nitrogens is 1. The van der Waals surface area contributed by atoms with Gasteiger partial charge in [0.2, 0.25) is 0 Å². The first-order valence-corrected chi connectivity index (χ1v) is 6.66. The van der Waals surface area contributed by atoms with Gasteiger partial charge in [-0.3, -0.25) is 4.79 Å². The molecular weight excluding hydrogens is 250 g/mol. The molecule has 3 aromatic rings. The summed E-state index contributed by atoms with van der Waals surface area (Å²) in [7, 11) is 0. The van der Waals surface area contributed by atoms with E-state index in [1.165, 1.54) is 5.56 Å². The summed E-state index contributed by atoms with van der Waals surface area (Å²) >= 11 is 0. The molecule has 1 aliphatic heterocycles. The zero-order valence-electron chi connectivity index (χ0n) is 10.8. The third kappa shape index (κ3) is 1.61. The van der Waals surface area contributed by atoms with Gasteiger partial charge in [0.1, 0.15) is 0 Å². The number of amides is 1. The van der Waals surface area contributed by atoms with Crippen LogP contribution in [0.4, 0.5) is 5.69 Å². The Hall–Kier alpha value is -2.62. The van der Waals surface area contributed by atoms with Crippen LogP contribution in [0.15, 0.2) is 48.8 Å². The van der Waals surface area contributed by atoms with Gasteiger partial charge in [-0.1, -0.05) is 18.2 Å². The van der Waals surface area contributed by atoms with Crippen molar-refractivity contribution in [1.29, 1.82) is 0 Å². The number of para-hydroxylation sites is 1. The topological polar surface area (TPSA) is 49.0 Å². The van der Waals surface area contributed by atoms with E-state index in [0.29, 0.717) is 5.56 Å². The maximum Gasteiger partial charge on any atom is 0.258 e. The van der Waals surface area contributed by atoms with Crippen molar-refractivity contribution < 1.29 is 4.79 Å². The first-order chi connectivity index (χ1) is 9.83. The Morgan fingerprint density at radius 1 is 1.20 bits per heavy atom. The Morgan fingerprint density at radius 2 is 2.10 bits per heavy atom. The number of aromatic nitrogens is 2. The van der Waals surface area contributed by atoms with Crippen molar-refractivity contribution in [3.63, 3.8) is 0 Å². The number of anilines is 1. The fraction of sp³-hybridized carbons (Fsp3) is 0.125. The van der Waals surface area contributed by atoms with Crippen molar-refractivity contribution in [2.45, 2.75) is 6.42 Å². The molecule has 4 nitrogen and oxygen atoms in total. The average Bonchev–Trinajstić information content (AvgIpc) is 3.12. The van der Waals surface area contributed by atoms with Gasteiger partial charge in [0, 0.05) is 17.8 Å². The van der Waals surface area contributed by atoms with E-state index in [1.54, 1.807) is 6.33 Å². The van der Waals surface area contributed by atoms with Gasteiger partial charge in [-0.05, 0) is 36.2 Å². The molecule has 98 valence electrons. The van der Waals surface area contributed by atoms with E-state index in [2.05, 4.69) is 16.0 Å². The van der Waals surface area contributed by atoms with Crippen molar-refractivity contribution in [3.8, 4) is 0 Å². The molecule has 4 heteroatoms. The van der Waals surface area contributed by atoms with Crippen LogP contribution < -0.4 is 4.90 Å². The number of imidazole rings is 1. The Kier molecular flexibility index (Phi) is 2.36. The molecule has 0 bridgehead atoms. The first kappa shape index (κ1) is 11.2. The number of hydrogen-bond acceptors (Lipinski definition) is 2. The Labute approximate surface area is 116 Å². The highest BCUT2D eigenvalue weighted by Crippen LogP contribution is 2.29. The van der Waals surface area contributed by atoms with Crippen LogP contribution in [0.3, 0.4) is 0 Å². The molecule has 1 N–H and O–H groups in total. The van der Waals surface area contributed by atoms with E-state index in [1.807, 2.05) is 41.3 Å². The number of rotatable bonds is 1. The lowest BCUT2D eigenvalue weighted by atomic mass is 10.1. The highest BCUT2D eigenvalue weighted by molar-refractivity contribution is 6.08. The van der Waals surface area contributed by atoms with Crippen molar-refractivity contribution in [2.75, 3.05) is 11.4 Å². The van der Waals surface area contributed by atoms with Crippen LogP contribution in [0.5, 0.6) is 0 Å². The third-order valence-corrected chi connectivity index (χ3v) is 3.80. The Balaban J connectivity index is 1.74. The second-order valence-corrected chi connectivity index (χ2v) is 4.97. The second-order valence-electron chi connectivity index (χ2n) is 4.97. The number of hydrogen-bond donors (Lipinski definition) is 1. The first-order valence-electron chi connectivity index (χ1n) is 6.66. The quantitative estimate of drug-likeness (QED) is 0.734. The minimum Gasteiger partial charge on any atom is -0.345 e. The van der Waals surface area contributed by atoms with Gasteiger partial charge in [0.15, 0.2) is 0 Å². The molecule has 1 aliphatic rings. The van der Waals surface area contributed by atoms with Crippen molar-refractivity contribution in [2.24, 2.45) is 0 Å². The standard InChI is InChI=1S/C16H13N3O/c20-16(12-5-6-13-14(9-12)18-10-17-13)19-8-7-11-3-1-2-4-15(11)19/h1-6,9-10H,7-8H2,(H,17,18). The normalized spacial score (nSPS) is 13.7. The molecule has 0 unspecified atom stereocenters. The van der Waals surface area contributed by atoms with Crippen molar-refractivity contribution >= 4 is 22.6 Å². The summed E-state index contributed by atoms with van der Waals surface area (Å²) in [5.74, 6) is 0.0476. The van der Waals surface area contributed by atoms with E-state index in [-0.39, 0.29) is 5.91 Å². The van der Waals surface area contributed by atoms with Crippen LogP contribution >= 0.6 is 0 Å². The molecule has 0 fully saturated rings. The highest BCUT2D eigenvalue weighted by atomic mass is 16.2. The number of nitrogens with one attached hydrogen (secondary N) is 1. The number of fused-ring (bicyclic) bond motifs is 2. The predicted octanol–water partition coefficient (Wildman–Crippen LogP) is 2.77. The summed E-state index contributed by atoms with van der Waals surface area (Å²) in [5.41, 5.74) is 4.73. The minimum atomic E-state index is 0.0476. The minimum absolute atomic E-state index is 0.0476. The molecular formula is C16H13N3O. The molecule has 2 heterocycles. The maximum atomic E-state index is 12.7. The van der Waals surface area contributed by atoms with Crippen molar-refractivity contribution in [3.05, 3.63) is 59.9 Å². The molecule has 2 aromatic carbocycles. The maximum absolute atomic E-state index is 12.7. The molecule has 20 heavy (non-hydrogen) atoms. The Bertz CT molecular complexity index is 806. The van der Waals surface area contributed by atoms with Crippen LogP contribution in [0.25, 0.3) is 11.0 Å². The van der Waals surface area contributed by atoms with Gasteiger partial charge in [0.25, 0.3) is 5.91 Å². The lowest BCUT2D eigenvalue weighted by molar-refractivity contribution is 0.0989. The predicted molar refractivity (Wildman–Crippen MR) is 77.9 cm³/mol. The molecule has 1 amide bonds. The third-order valence-electron chi connectivity index (χ3n) is 3.80. The molecule has 0 radical (unpaired) electrons. The summed E-state index contributed by atoms with van der Waals surface area (Å²) in [5, 5.41) is 0. The van der Waals surface area contributed by atoms with Gasteiger partial charge in [-0.15, -0.1) is 0 Å². The Morgan fingerprint density at radius 3 is 3.05 bits per heavy atom. The summed E-state index contributed by atoms with van der Waals surface area (Å²) in [6.45, 7) is 0.749. The van der Waals surface area contributed by atoms with Gasteiger partial charge < -0.3 is 9.88 Å². The summed E-state index contributed by atoms with van der Waals surface area (Å²) < 4.78 is 0. The molecule has 4 rings (SSSR count). The van der Waals surface area contributed by atoms with Gasteiger partial charge >= 0.3 is 0 Å². The SMILES string of the molecule is O=C(c1ccc2nc[nH]c2c1)N1CCc2ccccc21. The number of benzene rings is 2. The van der Waals surface area contributed by atoms with Crippen LogP contribution in [0.1, 0.15) is 15.9 Å². The van der Waals surface area contributed by atoms with E-state index in [9.17, 15) is 4.79 Å². The monoisotopic (exact) mass is 263 g/mol. The van der Waals surface area contributed by atoms with Gasteiger partial charge in [0.05, 0.1) is 17.4 Å².